The second-order valence-corrected chi connectivity index (χ2v) is 2.82. The molecule has 0 unspecified atom stereocenters. The van der Waals surface area contributed by atoms with Crippen molar-refractivity contribution < 1.29 is 9.18 Å². The van der Waals surface area contributed by atoms with Crippen LogP contribution in [0.2, 0.25) is 0 Å². The van der Waals surface area contributed by atoms with Crippen LogP contribution in [0.3, 0.4) is 0 Å². The van der Waals surface area contributed by atoms with Gasteiger partial charge < -0.3 is 5.32 Å². The summed E-state index contributed by atoms with van der Waals surface area (Å²) in [6.07, 6.45) is 1.36. The maximum Gasteiger partial charge on any atom is 0.257 e. The molecule has 0 saturated carbocycles. The highest BCUT2D eigenvalue weighted by molar-refractivity contribution is 6.03. The normalized spacial score (nSPS) is 9.93. The molecule has 2 aromatic rings. The van der Waals surface area contributed by atoms with Crippen LogP contribution in [0.4, 0.5) is 10.2 Å². The van der Waals surface area contributed by atoms with Gasteiger partial charge in [0.2, 0.25) is 0 Å². The van der Waals surface area contributed by atoms with Gasteiger partial charge in [0.1, 0.15) is 5.82 Å². The fourth-order valence-corrected chi connectivity index (χ4v) is 1.08. The third-order valence-corrected chi connectivity index (χ3v) is 1.74. The van der Waals surface area contributed by atoms with Crippen LogP contribution in [0.15, 0.2) is 30.5 Å². The summed E-state index contributed by atoms with van der Waals surface area (Å²) in [5, 5.41) is 12.0. The Morgan fingerprint density at radius 2 is 2.33 bits per heavy atom. The Balaban J connectivity index is 2.15. The predicted molar refractivity (Wildman–Crippen MR) is 50.7 cm³/mol. The molecule has 76 valence electrons. The molecule has 15 heavy (non-hydrogen) atoms. The van der Waals surface area contributed by atoms with Gasteiger partial charge in [-0.1, -0.05) is 6.07 Å². The highest BCUT2D eigenvalue weighted by Crippen LogP contribution is 2.06. The van der Waals surface area contributed by atoms with Gasteiger partial charge in [-0.25, -0.2) is 4.39 Å². The van der Waals surface area contributed by atoms with Crippen LogP contribution in [0.25, 0.3) is 0 Å². The van der Waals surface area contributed by atoms with E-state index in [1.807, 2.05) is 0 Å². The molecule has 0 saturated heterocycles. The zero-order valence-electron chi connectivity index (χ0n) is 7.57. The van der Waals surface area contributed by atoms with Crippen molar-refractivity contribution >= 4 is 11.7 Å². The fourth-order valence-electron chi connectivity index (χ4n) is 1.08. The van der Waals surface area contributed by atoms with E-state index in [1.54, 1.807) is 0 Å². The molecule has 0 radical (unpaired) electrons. The molecule has 0 aliphatic rings. The molecule has 0 aliphatic carbocycles. The maximum absolute atomic E-state index is 12.8. The molecule has 0 bridgehead atoms. The number of halogens is 1. The average Bonchev–Trinajstić information content (AvgIpc) is 2.70. The molecule has 0 fully saturated rings. The van der Waals surface area contributed by atoms with E-state index in [1.165, 1.54) is 24.4 Å². The van der Waals surface area contributed by atoms with Gasteiger partial charge in [-0.3, -0.25) is 4.79 Å². The summed E-state index contributed by atoms with van der Waals surface area (Å²) in [7, 11) is 0. The molecule has 1 heterocycles. The number of benzene rings is 1. The Morgan fingerprint density at radius 3 is 3.00 bits per heavy atom. The highest BCUT2D eigenvalue weighted by atomic mass is 19.1. The lowest BCUT2D eigenvalue weighted by molar-refractivity contribution is 0.102. The van der Waals surface area contributed by atoms with Gasteiger partial charge in [0, 0.05) is 5.56 Å². The average molecular weight is 206 g/mol. The number of carbonyl (C=O) groups excluding carboxylic acids is 1. The number of carbonyl (C=O) groups is 1. The largest absolute Gasteiger partial charge is 0.304 e. The van der Waals surface area contributed by atoms with Gasteiger partial charge in [0.25, 0.3) is 5.91 Å². The molecule has 0 aliphatic heterocycles. The van der Waals surface area contributed by atoms with Crippen molar-refractivity contribution in [2.75, 3.05) is 5.32 Å². The number of anilines is 1. The van der Waals surface area contributed by atoms with Gasteiger partial charge in [0.15, 0.2) is 5.82 Å². The number of amides is 1. The van der Waals surface area contributed by atoms with Crippen LogP contribution in [0.5, 0.6) is 0 Å². The number of rotatable bonds is 2. The second kappa shape index (κ2) is 3.87. The summed E-state index contributed by atoms with van der Waals surface area (Å²) in [5.74, 6) is -0.588. The van der Waals surface area contributed by atoms with Crippen LogP contribution < -0.4 is 5.32 Å². The first-order chi connectivity index (χ1) is 7.25. The van der Waals surface area contributed by atoms with E-state index in [9.17, 15) is 9.18 Å². The number of aromatic nitrogens is 3. The zero-order chi connectivity index (χ0) is 10.7. The lowest BCUT2D eigenvalue weighted by atomic mass is 10.2. The number of nitrogens with one attached hydrogen (secondary N) is 2. The lowest BCUT2D eigenvalue weighted by Gasteiger charge is -2.00. The summed E-state index contributed by atoms with van der Waals surface area (Å²) in [5.41, 5.74) is 0.234. The number of aromatic amines is 1. The number of nitrogens with zero attached hydrogens (tertiary/aromatic N) is 2. The van der Waals surface area contributed by atoms with Crippen molar-refractivity contribution in [1.29, 1.82) is 0 Å². The van der Waals surface area contributed by atoms with Gasteiger partial charge in [0.05, 0.1) is 6.20 Å². The summed E-state index contributed by atoms with van der Waals surface area (Å²) in [6.45, 7) is 0. The van der Waals surface area contributed by atoms with Crippen LogP contribution >= 0.6 is 0 Å². The minimum atomic E-state index is -0.456. The van der Waals surface area contributed by atoms with Gasteiger partial charge >= 0.3 is 0 Å². The maximum atomic E-state index is 12.8. The monoisotopic (exact) mass is 206 g/mol. The number of H-pyrrole nitrogens is 1. The minimum Gasteiger partial charge on any atom is -0.304 e. The predicted octanol–water partition coefficient (Wildman–Crippen LogP) is 1.20. The molecule has 1 aromatic carbocycles. The van der Waals surface area contributed by atoms with Crippen LogP contribution in [0.1, 0.15) is 10.4 Å². The smallest absolute Gasteiger partial charge is 0.257 e. The molecule has 2 N–H and O–H groups in total. The van der Waals surface area contributed by atoms with Crippen molar-refractivity contribution in [3.05, 3.63) is 41.8 Å². The van der Waals surface area contributed by atoms with E-state index in [4.69, 9.17) is 0 Å². The third kappa shape index (κ3) is 2.16. The first-order valence-corrected chi connectivity index (χ1v) is 4.18. The van der Waals surface area contributed by atoms with E-state index in [0.29, 0.717) is 5.82 Å². The highest BCUT2D eigenvalue weighted by Gasteiger charge is 2.07. The number of hydrogen-bond donors (Lipinski definition) is 2. The first-order valence-electron chi connectivity index (χ1n) is 4.18. The Labute approximate surface area is 84.3 Å². The lowest BCUT2D eigenvalue weighted by Crippen LogP contribution is -2.12. The molecule has 0 atom stereocenters. The van der Waals surface area contributed by atoms with E-state index < -0.39 is 11.7 Å². The Hall–Kier alpha value is -2.24. The zero-order valence-corrected chi connectivity index (χ0v) is 7.57. The molecule has 6 heteroatoms. The SMILES string of the molecule is O=C(Nc1cn[nH]n1)c1cccc(F)c1. The standard InChI is InChI=1S/C9H7FN4O/c10-7-3-1-2-6(4-7)9(15)12-8-5-11-14-13-8/h1-5H,(H2,11,12,13,14,15). The molecule has 0 spiro atoms. The van der Waals surface area contributed by atoms with Crippen LogP contribution in [0, 0.1) is 5.82 Å². The second-order valence-electron chi connectivity index (χ2n) is 2.82. The summed E-state index contributed by atoms with van der Waals surface area (Å²) >= 11 is 0. The Morgan fingerprint density at radius 1 is 1.47 bits per heavy atom. The van der Waals surface area contributed by atoms with Crippen molar-refractivity contribution in [2.24, 2.45) is 0 Å². The van der Waals surface area contributed by atoms with E-state index in [2.05, 4.69) is 20.7 Å². The van der Waals surface area contributed by atoms with E-state index in [0.717, 1.165) is 6.07 Å². The van der Waals surface area contributed by atoms with Crippen LogP contribution in [-0.2, 0) is 0 Å². The Kier molecular flexibility index (Phi) is 2.40. The topological polar surface area (TPSA) is 70.7 Å². The van der Waals surface area contributed by atoms with Crippen molar-refractivity contribution in [2.45, 2.75) is 0 Å². The molecule has 1 aromatic heterocycles. The van der Waals surface area contributed by atoms with E-state index in [-0.39, 0.29) is 5.56 Å². The molecule has 1 amide bonds. The van der Waals surface area contributed by atoms with Crippen molar-refractivity contribution in [1.82, 2.24) is 15.4 Å². The number of hydrogen-bond acceptors (Lipinski definition) is 3. The van der Waals surface area contributed by atoms with Gasteiger partial charge in [-0.2, -0.15) is 10.3 Å². The third-order valence-electron chi connectivity index (χ3n) is 1.74. The van der Waals surface area contributed by atoms with Gasteiger partial charge in [-0.15, -0.1) is 5.10 Å². The van der Waals surface area contributed by atoms with Gasteiger partial charge in [-0.05, 0) is 18.2 Å². The Bertz CT molecular complexity index is 469. The molecular formula is C9H7FN4O. The fraction of sp³-hybridized carbons (Fsp3) is 0. The van der Waals surface area contributed by atoms with Crippen molar-refractivity contribution in [3.63, 3.8) is 0 Å². The van der Waals surface area contributed by atoms with Crippen LogP contribution in [-0.4, -0.2) is 21.3 Å². The summed E-state index contributed by atoms with van der Waals surface area (Å²) < 4.78 is 12.8. The van der Waals surface area contributed by atoms with E-state index >= 15 is 0 Å². The molecule has 2 rings (SSSR count). The first kappa shape index (κ1) is 9.32. The quantitative estimate of drug-likeness (QED) is 0.775. The minimum absolute atomic E-state index is 0.234. The summed E-state index contributed by atoms with van der Waals surface area (Å²) in [4.78, 5) is 11.5. The molecular weight excluding hydrogens is 199 g/mol. The molecule has 5 nitrogen and oxygen atoms in total. The van der Waals surface area contributed by atoms with Crippen molar-refractivity contribution in [3.8, 4) is 0 Å². The summed E-state index contributed by atoms with van der Waals surface area (Å²) in [6, 6.07) is 5.40.